The van der Waals surface area contributed by atoms with E-state index in [1.165, 1.54) is 6.26 Å². The molecule has 1 aromatic heterocycles. The third-order valence-corrected chi connectivity index (χ3v) is 4.72. The number of aromatic nitrogens is 1. The van der Waals surface area contributed by atoms with Crippen LogP contribution in [0, 0.1) is 6.92 Å². The number of nitrogens with one attached hydrogen (secondary N) is 1. The van der Waals surface area contributed by atoms with E-state index in [0.29, 0.717) is 5.69 Å². The van der Waals surface area contributed by atoms with E-state index in [1.54, 1.807) is 12.1 Å². The summed E-state index contributed by atoms with van der Waals surface area (Å²) in [6.07, 6.45) is 1.49. The molecule has 1 aromatic carbocycles. The van der Waals surface area contributed by atoms with Crippen LogP contribution in [-0.4, -0.2) is 13.6 Å². The molecule has 2 rings (SSSR count). The lowest BCUT2D eigenvalue weighted by Crippen LogP contribution is -2.24. The van der Waals surface area contributed by atoms with Crippen LogP contribution in [0.1, 0.15) is 37.6 Å². The van der Waals surface area contributed by atoms with Crippen LogP contribution in [0.3, 0.4) is 0 Å². The number of sulfonamides is 1. The minimum absolute atomic E-state index is 0.00640. The highest BCUT2D eigenvalue weighted by molar-refractivity contribution is 7.89. The van der Waals surface area contributed by atoms with Crippen LogP contribution in [0.2, 0.25) is 0 Å². The van der Waals surface area contributed by atoms with E-state index in [1.807, 2.05) is 19.1 Å². The molecule has 0 saturated heterocycles. The van der Waals surface area contributed by atoms with Gasteiger partial charge >= 0.3 is 0 Å². The van der Waals surface area contributed by atoms with Crippen molar-refractivity contribution in [3.05, 3.63) is 47.3 Å². The maximum atomic E-state index is 12.2. The normalized spacial score (nSPS) is 12.6. The van der Waals surface area contributed by atoms with Crippen molar-refractivity contribution in [1.82, 2.24) is 9.88 Å². The summed E-state index contributed by atoms with van der Waals surface area (Å²) in [4.78, 5) is 0.247. The van der Waals surface area contributed by atoms with Crippen molar-refractivity contribution in [2.75, 3.05) is 0 Å². The molecule has 0 fully saturated rings. The van der Waals surface area contributed by atoms with E-state index >= 15 is 0 Å². The van der Waals surface area contributed by atoms with Crippen LogP contribution in [0.5, 0.6) is 0 Å². The summed E-state index contributed by atoms with van der Waals surface area (Å²) in [7, 11) is -3.55. The minimum Gasteiger partial charge on any atom is -0.364 e. The second-order valence-electron chi connectivity index (χ2n) is 6.04. The Balaban J connectivity index is 2.14. The Labute approximate surface area is 125 Å². The molecule has 0 bridgehead atoms. The quantitative estimate of drug-likeness (QED) is 0.942. The zero-order valence-electron chi connectivity index (χ0n) is 12.7. The molecular weight excluding hydrogens is 288 g/mol. The summed E-state index contributed by atoms with van der Waals surface area (Å²) in [6.45, 7) is 8.19. The Bertz CT molecular complexity index is 710. The Morgan fingerprint density at radius 1 is 1.19 bits per heavy atom. The van der Waals surface area contributed by atoms with Crippen molar-refractivity contribution in [3.63, 3.8) is 0 Å². The molecule has 0 aliphatic heterocycles. The molecule has 1 N–H and O–H groups in total. The number of hydrogen-bond donors (Lipinski definition) is 1. The third kappa shape index (κ3) is 3.71. The fourth-order valence-corrected chi connectivity index (χ4v) is 2.85. The van der Waals surface area contributed by atoms with Crippen LogP contribution in [0.15, 0.2) is 39.9 Å². The maximum Gasteiger partial charge on any atom is 0.240 e. The lowest BCUT2D eigenvalue weighted by molar-refractivity contribution is 0.410. The second-order valence-corrected chi connectivity index (χ2v) is 7.81. The molecule has 6 heteroatoms. The topological polar surface area (TPSA) is 72.2 Å². The van der Waals surface area contributed by atoms with Gasteiger partial charge in [-0.05, 0) is 30.0 Å². The van der Waals surface area contributed by atoms with Crippen LogP contribution in [-0.2, 0) is 22.0 Å². The van der Waals surface area contributed by atoms with Crippen molar-refractivity contribution in [3.8, 4) is 0 Å². The summed E-state index contributed by atoms with van der Waals surface area (Å²) >= 11 is 0. The van der Waals surface area contributed by atoms with Crippen molar-refractivity contribution < 1.29 is 12.9 Å². The molecule has 114 valence electrons. The van der Waals surface area contributed by atoms with E-state index in [-0.39, 0.29) is 16.9 Å². The summed E-state index contributed by atoms with van der Waals surface area (Å²) < 4.78 is 31.8. The van der Waals surface area contributed by atoms with Gasteiger partial charge in [0.05, 0.1) is 11.4 Å². The van der Waals surface area contributed by atoms with Crippen molar-refractivity contribution in [2.45, 2.75) is 44.6 Å². The average Bonchev–Trinajstić information content (AvgIpc) is 2.81. The van der Waals surface area contributed by atoms with E-state index in [2.05, 4.69) is 30.6 Å². The molecule has 0 saturated carbocycles. The summed E-state index contributed by atoms with van der Waals surface area (Å²) in [5.41, 5.74) is 2.49. The molecule has 0 aliphatic carbocycles. The molecule has 2 aromatic rings. The third-order valence-electron chi connectivity index (χ3n) is 3.31. The highest BCUT2D eigenvalue weighted by Crippen LogP contribution is 2.23. The van der Waals surface area contributed by atoms with E-state index in [4.69, 9.17) is 4.52 Å². The molecule has 0 unspecified atom stereocenters. The van der Waals surface area contributed by atoms with Crippen molar-refractivity contribution in [2.24, 2.45) is 0 Å². The maximum absolute atomic E-state index is 12.2. The van der Waals surface area contributed by atoms with Gasteiger partial charge in [-0.1, -0.05) is 38.1 Å². The number of nitrogens with zero attached hydrogens (tertiary/aromatic N) is 1. The van der Waals surface area contributed by atoms with Crippen LogP contribution >= 0.6 is 0 Å². The smallest absolute Gasteiger partial charge is 0.240 e. The van der Waals surface area contributed by atoms with Crippen molar-refractivity contribution in [1.29, 1.82) is 0 Å². The zero-order valence-corrected chi connectivity index (χ0v) is 13.5. The number of benzene rings is 1. The minimum atomic E-state index is -3.55. The van der Waals surface area contributed by atoms with E-state index in [0.717, 1.165) is 11.1 Å². The van der Waals surface area contributed by atoms with E-state index in [9.17, 15) is 8.42 Å². The predicted molar refractivity (Wildman–Crippen MR) is 80.4 cm³/mol. The molecule has 5 nitrogen and oxygen atoms in total. The lowest BCUT2D eigenvalue weighted by Gasteiger charge is -2.19. The monoisotopic (exact) mass is 308 g/mol. The average molecular weight is 308 g/mol. The fourth-order valence-electron chi connectivity index (χ4n) is 1.86. The first-order valence-corrected chi connectivity index (χ1v) is 8.18. The van der Waals surface area contributed by atoms with Crippen LogP contribution in [0.4, 0.5) is 0 Å². The first-order chi connectivity index (χ1) is 9.70. The van der Waals surface area contributed by atoms with E-state index < -0.39 is 10.0 Å². The SMILES string of the molecule is Cc1conc1CNS(=O)(=O)c1ccc(C(C)(C)C)cc1. The Morgan fingerprint density at radius 2 is 1.81 bits per heavy atom. The van der Waals surface area contributed by atoms with Crippen LogP contribution < -0.4 is 4.72 Å². The number of rotatable bonds is 4. The van der Waals surface area contributed by atoms with Gasteiger partial charge in [-0.25, -0.2) is 13.1 Å². The van der Waals surface area contributed by atoms with Gasteiger partial charge < -0.3 is 4.52 Å². The molecule has 0 amide bonds. The summed E-state index contributed by atoms with van der Waals surface area (Å²) in [5.74, 6) is 0. The predicted octanol–water partition coefficient (Wildman–Crippen LogP) is 2.76. The highest BCUT2D eigenvalue weighted by atomic mass is 32.2. The van der Waals surface area contributed by atoms with Crippen molar-refractivity contribution >= 4 is 10.0 Å². The van der Waals surface area contributed by atoms with Crippen LogP contribution in [0.25, 0.3) is 0 Å². The van der Waals surface area contributed by atoms with Gasteiger partial charge in [0, 0.05) is 5.56 Å². The standard InChI is InChI=1S/C15H20N2O3S/c1-11-10-20-17-14(11)9-16-21(18,19)13-7-5-12(6-8-13)15(2,3)4/h5-8,10,16H,9H2,1-4H3. The van der Waals surface area contributed by atoms with Gasteiger partial charge in [0.15, 0.2) is 0 Å². The summed E-state index contributed by atoms with van der Waals surface area (Å²) in [6, 6.07) is 6.93. The molecule has 0 atom stereocenters. The first-order valence-electron chi connectivity index (χ1n) is 6.70. The van der Waals surface area contributed by atoms with Gasteiger partial charge in [0.25, 0.3) is 0 Å². The zero-order chi connectivity index (χ0) is 15.7. The Morgan fingerprint density at radius 3 is 2.29 bits per heavy atom. The van der Waals surface area contributed by atoms with Gasteiger partial charge in [-0.3, -0.25) is 0 Å². The molecule has 0 radical (unpaired) electrons. The lowest BCUT2D eigenvalue weighted by atomic mass is 9.87. The molecule has 0 aliphatic rings. The van der Waals surface area contributed by atoms with Gasteiger partial charge in [-0.15, -0.1) is 0 Å². The summed E-state index contributed by atoms with van der Waals surface area (Å²) in [5, 5.41) is 3.76. The van der Waals surface area contributed by atoms with Gasteiger partial charge in [0.1, 0.15) is 12.0 Å². The molecule has 0 spiro atoms. The highest BCUT2D eigenvalue weighted by Gasteiger charge is 2.18. The second kappa shape index (κ2) is 5.61. The largest absolute Gasteiger partial charge is 0.364 e. The Hall–Kier alpha value is -1.66. The fraction of sp³-hybridized carbons (Fsp3) is 0.400. The number of hydrogen-bond acceptors (Lipinski definition) is 4. The number of aryl methyl sites for hydroxylation is 1. The first kappa shape index (κ1) is 15.7. The molecular formula is C15H20N2O3S. The molecule has 21 heavy (non-hydrogen) atoms. The molecule has 1 heterocycles. The van der Waals surface area contributed by atoms with Gasteiger partial charge in [-0.2, -0.15) is 0 Å². The Kier molecular flexibility index (Phi) is 4.20. The van der Waals surface area contributed by atoms with Gasteiger partial charge in [0.2, 0.25) is 10.0 Å².